The van der Waals surface area contributed by atoms with Gasteiger partial charge in [-0.15, -0.1) is 0 Å². The number of nitrogens with zero attached hydrogens (tertiary/aromatic N) is 2. The SMILES string of the molecule is CCCN(CCC)C(=O)c1cc(C(=O)N[C@@H](Cc2ccccc2)[C@H](O)CNCc2cccc(I)c2)cc(-c2ccc(S(=O)(=O)N(C)C)cc2)c1. The van der Waals surface area contributed by atoms with Crippen LogP contribution in [0.1, 0.15) is 58.5 Å². The third kappa shape index (κ3) is 10.7. The van der Waals surface area contributed by atoms with Gasteiger partial charge in [0, 0.05) is 55.0 Å². The molecule has 0 aliphatic rings. The monoisotopic (exact) mass is 810 g/mol. The van der Waals surface area contributed by atoms with Crippen LogP contribution in [0.3, 0.4) is 0 Å². The van der Waals surface area contributed by atoms with Crippen LogP contribution >= 0.6 is 22.6 Å². The van der Waals surface area contributed by atoms with Gasteiger partial charge < -0.3 is 20.6 Å². The summed E-state index contributed by atoms with van der Waals surface area (Å²) in [5, 5.41) is 17.8. The summed E-state index contributed by atoms with van der Waals surface area (Å²) >= 11 is 2.27. The Bertz CT molecular complexity index is 1830. The molecule has 11 heteroatoms. The van der Waals surface area contributed by atoms with E-state index in [2.05, 4.69) is 39.3 Å². The summed E-state index contributed by atoms with van der Waals surface area (Å²) in [6, 6.07) is 28.6. The first-order chi connectivity index (χ1) is 23.9. The van der Waals surface area contributed by atoms with Crippen LogP contribution in [-0.4, -0.2) is 80.4 Å². The minimum atomic E-state index is -3.64. The summed E-state index contributed by atoms with van der Waals surface area (Å²) < 4.78 is 27.7. The number of nitrogens with one attached hydrogen (secondary N) is 2. The van der Waals surface area contributed by atoms with Gasteiger partial charge in [0.2, 0.25) is 10.0 Å². The highest BCUT2D eigenvalue weighted by Gasteiger charge is 2.25. The molecule has 266 valence electrons. The van der Waals surface area contributed by atoms with Crippen LogP contribution < -0.4 is 10.6 Å². The smallest absolute Gasteiger partial charge is 0.253 e. The number of benzene rings is 4. The van der Waals surface area contributed by atoms with E-state index in [0.717, 1.165) is 31.8 Å². The molecule has 2 atom stereocenters. The molecule has 0 heterocycles. The highest BCUT2D eigenvalue weighted by atomic mass is 127. The molecule has 9 nitrogen and oxygen atoms in total. The quantitative estimate of drug-likeness (QED) is 0.113. The van der Waals surface area contributed by atoms with Crippen molar-refractivity contribution in [3.8, 4) is 11.1 Å². The highest BCUT2D eigenvalue weighted by molar-refractivity contribution is 14.1. The number of aliphatic hydroxyl groups excluding tert-OH is 1. The largest absolute Gasteiger partial charge is 0.390 e. The average molecular weight is 811 g/mol. The first-order valence-corrected chi connectivity index (χ1v) is 19.4. The Balaban J connectivity index is 1.67. The Morgan fingerprint density at radius 3 is 2.06 bits per heavy atom. The minimum Gasteiger partial charge on any atom is -0.390 e. The zero-order valence-corrected chi connectivity index (χ0v) is 32.1. The molecule has 4 aromatic rings. The van der Waals surface area contributed by atoms with Gasteiger partial charge in [-0.3, -0.25) is 9.59 Å². The van der Waals surface area contributed by atoms with Crippen molar-refractivity contribution in [1.29, 1.82) is 0 Å². The van der Waals surface area contributed by atoms with Crippen molar-refractivity contribution in [3.63, 3.8) is 0 Å². The second-order valence-corrected chi connectivity index (χ2v) is 15.9. The summed E-state index contributed by atoms with van der Waals surface area (Å²) in [5.41, 5.74) is 3.93. The third-order valence-corrected chi connectivity index (χ3v) is 10.8. The predicted octanol–water partition coefficient (Wildman–Crippen LogP) is 5.96. The van der Waals surface area contributed by atoms with Crippen LogP contribution in [0.25, 0.3) is 11.1 Å². The Labute approximate surface area is 310 Å². The zero-order chi connectivity index (χ0) is 36.3. The van der Waals surface area contributed by atoms with Crippen LogP contribution in [-0.2, 0) is 23.0 Å². The van der Waals surface area contributed by atoms with Gasteiger partial charge in [-0.25, -0.2) is 12.7 Å². The maximum Gasteiger partial charge on any atom is 0.253 e. The molecular weight excluding hydrogens is 763 g/mol. The lowest BCUT2D eigenvalue weighted by Crippen LogP contribution is -2.48. The second-order valence-electron chi connectivity index (χ2n) is 12.5. The first kappa shape index (κ1) is 39.2. The van der Waals surface area contributed by atoms with Crippen LogP contribution in [0, 0.1) is 3.57 Å². The number of rotatable bonds is 17. The first-order valence-electron chi connectivity index (χ1n) is 16.9. The summed E-state index contributed by atoms with van der Waals surface area (Å²) in [7, 11) is -0.685. The van der Waals surface area contributed by atoms with Gasteiger partial charge in [-0.2, -0.15) is 0 Å². The van der Waals surface area contributed by atoms with E-state index in [1.807, 2.05) is 62.4 Å². The highest BCUT2D eigenvalue weighted by Crippen LogP contribution is 2.26. The number of aliphatic hydroxyl groups is 1. The van der Waals surface area contributed by atoms with Crippen molar-refractivity contribution in [1.82, 2.24) is 19.8 Å². The second kappa shape index (κ2) is 18.6. The van der Waals surface area contributed by atoms with Gasteiger partial charge in [0.25, 0.3) is 11.8 Å². The summed E-state index contributed by atoms with van der Waals surface area (Å²) in [6.45, 7) is 6.00. The Morgan fingerprint density at radius 2 is 1.44 bits per heavy atom. The summed E-state index contributed by atoms with van der Waals surface area (Å²) in [6.07, 6.45) is 1.06. The Hall–Kier alpha value is -3.62. The van der Waals surface area contributed by atoms with Gasteiger partial charge >= 0.3 is 0 Å². The number of carbonyl (C=O) groups excluding carboxylic acids is 2. The van der Waals surface area contributed by atoms with Crippen molar-refractivity contribution in [2.75, 3.05) is 33.7 Å². The van der Waals surface area contributed by atoms with Crippen LogP contribution in [0.5, 0.6) is 0 Å². The molecule has 4 aromatic carbocycles. The van der Waals surface area contributed by atoms with Gasteiger partial charge in [-0.05, 0) is 107 Å². The van der Waals surface area contributed by atoms with Crippen molar-refractivity contribution in [3.05, 3.63) is 123 Å². The van der Waals surface area contributed by atoms with E-state index >= 15 is 0 Å². The van der Waals surface area contributed by atoms with Crippen LogP contribution in [0.15, 0.2) is 102 Å². The standard InChI is InChI=1S/C39H47IN4O5S/c1-5-19-44(20-6-2)39(47)33-24-31(30-15-17-35(18-16-30)50(48,49)43(3)4)23-32(25-33)38(46)42-36(22-28-11-8-7-9-12-28)37(45)27-41-26-29-13-10-14-34(40)21-29/h7-18,21,23-25,36-37,41,45H,5-6,19-20,22,26-27H2,1-4H3,(H,42,46)/t36-,37+/m0/s1. The molecule has 0 bridgehead atoms. The van der Waals surface area contributed by atoms with Crippen molar-refractivity contribution < 1.29 is 23.1 Å². The fraction of sp³-hybridized carbons (Fsp3) is 0.333. The number of amides is 2. The summed E-state index contributed by atoms with van der Waals surface area (Å²) in [4.78, 5) is 29.8. The molecule has 50 heavy (non-hydrogen) atoms. The minimum absolute atomic E-state index is 0.141. The molecule has 0 spiro atoms. The summed E-state index contributed by atoms with van der Waals surface area (Å²) in [5.74, 6) is -0.611. The molecule has 0 aromatic heterocycles. The fourth-order valence-electron chi connectivity index (χ4n) is 5.67. The molecule has 0 saturated heterocycles. The van der Waals surface area contributed by atoms with Gasteiger partial charge in [0.1, 0.15) is 0 Å². The topological polar surface area (TPSA) is 119 Å². The van der Waals surface area contributed by atoms with Crippen molar-refractivity contribution in [2.45, 2.75) is 56.7 Å². The molecule has 0 radical (unpaired) electrons. The molecule has 0 aliphatic heterocycles. The molecule has 2 amide bonds. The number of hydrogen-bond acceptors (Lipinski definition) is 6. The molecule has 0 fully saturated rings. The van der Waals surface area contributed by atoms with E-state index in [1.165, 1.54) is 26.2 Å². The lowest BCUT2D eigenvalue weighted by Gasteiger charge is -2.26. The van der Waals surface area contributed by atoms with Crippen LogP contribution in [0.2, 0.25) is 0 Å². The molecule has 4 rings (SSSR count). The zero-order valence-electron chi connectivity index (χ0n) is 29.1. The maximum absolute atomic E-state index is 14.1. The molecular formula is C39H47IN4O5S. The van der Waals surface area contributed by atoms with Crippen molar-refractivity contribution in [2.24, 2.45) is 0 Å². The van der Waals surface area contributed by atoms with E-state index in [9.17, 15) is 23.1 Å². The normalized spacial score (nSPS) is 12.8. The van der Waals surface area contributed by atoms with Gasteiger partial charge in [0.15, 0.2) is 0 Å². The number of carbonyl (C=O) groups is 2. The Kier molecular flexibility index (Phi) is 14.5. The lowest BCUT2D eigenvalue weighted by molar-refractivity contribution is 0.0755. The van der Waals surface area contributed by atoms with Gasteiger partial charge in [0.05, 0.1) is 17.0 Å². The molecule has 0 saturated carbocycles. The number of sulfonamides is 1. The van der Waals surface area contributed by atoms with Crippen LogP contribution in [0.4, 0.5) is 0 Å². The Morgan fingerprint density at radius 1 is 0.800 bits per heavy atom. The molecule has 3 N–H and O–H groups in total. The number of hydrogen-bond donors (Lipinski definition) is 3. The lowest BCUT2D eigenvalue weighted by atomic mass is 9.97. The van der Waals surface area contributed by atoms with Crippen molar-refractivity contribution >= 4 is 44.4 Å². The third-order valence-electron chi connectivity index (χ3n) is 8.33. The molecule has 0 unspecified atom stereocenters. The number of halogens is 1. The van der Waals surface area contributed by atoms with E-state index in [0.29, 0.717) is 42.7 Å². The predicted molar refractivity (Wildman–Crippen MR) is 208 cm³/mol. The molecule has 0 aliphatic carbocycles. The fourth-order valence-corrected chi connectivity index (χ4v) is 7.18. The maximum atomic E-state index is 14.1. The van der Waals surface area contributed by atoms with E-state index in [-0.39, 0.29) is 22.9 Å². The van der Waals surface area contributed by atoms with Gasteiger partial charge in [-0.1, -0.05) is 68.4 Å². The van der Waals surface area contributed by atoms with E-state index in [4.69, 9.17) is 0 Å². The van der Waals surface area contributed by atoms with E-state index < -0.39 is 28.1 Å². The van der Waals surface area contributed by atoms with E-state index in [1.54, 1.807) is 35.2 Å². The average Bonchev–Trinajstić information content (AvgIpc) is 3.11.